The predicted octanol–water partition coefficient (Wildman–Crippen LogP) is 4.56. The van der Waals surface area contributed by atoms with Gasteiger partial charge in [-0.3, -0.25) is 15.0 Å². The molecule has 0 saturated carbocycles. The molecule has 0 unspecified atom stereocenters. The van der Waals surface area contributed by atoms with Crippen LogP contribution >= 0.6 is 15.9 Å². The lowest BCUT2D eigenvalue weighted by Crippen LogP contribution is -2.38. The molecule has 2 N–H and O–H groups in total. The first-order valence-electron chi connectivity index (χ1n) is 10.4. The SMILES string of the molecule is O=C(Nc1ccc2c(c1)NCC2)OCCN1CCC(C(=O)c2ccc(Br)cc2)CC1. The molecule has 0 radical (unpaired) electrons. The van der Waals surface area contributed by atoms with Gasteiger partial charge >= 0.3 is 6.09 Å². The van der Waals surface area contributed by atoms with E-state index in [1.807, 2.05) is 42.5 Å². The highest BCUT2D eigenvalue weighted by atomic mass is 79.9. The number of benzene rings is 2. The van der Waals surface area contributed by atoms with Gasteiger partial charge in [-0.05, 0) is 62.2 Å². The topological polar surface area (TPSA) is 70.7 Å². The highest BCUT2D eigenvalue weighted by molar-refractivity contribution is 9.10. The smallest absolute Gasteiger partial charge is 0.411 e. The minimum atomic E-state index is -0.437. The molecule has 1 saturated heterocycles. The maximum Gasteiger partial charge on any atom is 0.411 e. The van der Waals surface area contributed by atoms with E-state index in [9.17, 15) is 9.59 Å². The number of rotatable bonds is 6. The van der Waals surface area contributed by atoms with Crippen molar-refractivity contribution in [3.05, 3.63) is 58.1 Å². The summed E-state index contributed by atoms with van der Waals surface area (Å²) in [5, 5.41) is 6.09. The number of ketones is 1. The fraction of sp³-hybridized carbons (Fsp3) is 0.391. The van der Waals surface area contributed by atoms with Crippen LogP contribution in [0, 0.1) is 5.92 Å². The van der Waals surface area contributed by atoms with Crippen LogP contribution in [0.4, 0.5) is 16.2 Å². The highest BCUT2D eigenvalue weighted by Gasteiger charge is 2.25. The van der Waals surface area contributed by atoms with Crippen LogP contribution in [-0.4, -0.2) is 49.6 Å². The van der Waals surface area contributed by atoms with Crippen molar-refractivity contribution < 1.29 is 14.3 Å². The van der Waals surface area contributed by atoms with Crippen LogP contribution in [0.3, 0.4) is 0 Å². The maximum atomic E-state index is 12.6. The molecular formula is C23H26BrN3O3. The number of nitrogens with zero attached hydrogens (tertiary/aromatic N) is 1. The van der Waals surface area contributed by atoms with Crippen LogP contribution in [0.5, 0.6) is 0 Å². The van der Waals surface area contributed by atoms with Gasteiger partial charge in [-0.25, -0.2) is 4.79 Å². The van der Waals surface area contributed by atoms with Gasteiger partial charge in [0.1, 0.15) is 6.61 Å². The zero-order chi connectivity index (χ0) is 20.9. The summed E-state index contributed by atoms with van der Waals surface area (Å²) >= 11 is 3.40. The molecule has 158 valence electrons. The molecule has 1 amide bonds. The zero-order valence-corrected chi connectivity index (χ0v) is 18.4. The van der Waals surface area contributed by atoms with Gasteiger partial charge < -0.3 is 10.1 Å². The third-order valence-corrected chi connectivity index (χ3v) is 6.32. The van der Waals surface area contributed by atoms with E-state index in [1.165, 1.54) is 5.56 Å². The van der Waals surface area contributed by atoms with Gasteiger partial charge in [0.15, 0.2) is 5.78 Å². The first kappa shape index (κ1) is 20.9. The fourth-order valence-corrected chi connectivity index (χ4v) is 4.32. The Morgan fingerprint density at radius 1 is 1.13 bits per heavy atom. The van der Waals surface area contributed by atoms with Crippen molar-refractivity contribution in [1.82, 2.24) is 4.90 Å². The fourth-order valence-electron chi connectivity index (χ4n) is 4.06. The third kappa shape index (κ3) is 5.21. The monoisotopic (exact) mass is 471 g/mol. The summed E-state index contributed by atoms with van der Waals surface area (Å²) in [5.41, 5.74) is 3.86. The number of Topliss-reactive ketones (excluding diaryl/α,β-unsaturated/α-hetero) is 1. The van der Waals surface area contributed by atoms with E-state index in [1.54, 1.807) is 0 Å². The van der Waals surface area contributed by atoms with E-state index in [4.69, 9.17) is 4.74 Å². The van der Waals surface area contributed by atoms with Crippen LogP contribution in [0.1, 0.15) is 28.8 Å². The number of halogens is 1. The van der Waals surface area contributed by atoms with Crippen LogP contribution < -0.4 is 10.6 Å². The highest BCUT2D eigenvalue weighted by Crippen LogP contribution is 2.26. The summed E-state index contributed by atoms with van der Waals surface area (Å²) in [6.07, 6.45) is 2.26. The Balaban J connectivity index is 1.16. The molecule has 2 heterocycles. The van der Waals surface area contributed by atoms with E-state index in [0.717, 1.165) is 60.3 Å². The molecule has 0 bridgehead atoms. The van der Waals surface area contributed by atoms with E-state index >= 15 is 0 Å². The maximum absolute atomic E-state index is 12.6. The summed E-state index contributed by atoms with van der Waals surface area (Å²) in [5.74, 6) is 0.293. The van der Waals surface area contributed by atoms with Crippen molar-refractivity contribution in [2.24, 2.45) is 5.92 Å². The third-order valence-electron chi connectivity index (χ3n) is 5.79. The van der Waals surface area contributed by atoms with Crippen LogP contribution in [0.2, 0.25) is 0 Å². The Morgan fingerprint density at radius 3 is 2.67 bits per heavy atom. The molecule has 30 heavy (non-hydrogen) atoms. The van der Waals surface area contributed by atoms with Crippen LogP contribution in [0.25, 0.3) is 0 Å². The Bertz CT molecular complexity index is 908. The lowest BCUT2D eigenvalue weighted by Gasteiger charge is -2.31. The summed E-state index contributed by atoms with van der Waals surface area (Å²) in [6.45, 7) is 3.64. The first-order chi connectivity index (χ1) is 14.6. The Kier molecular flexibility index (Phi) is 6.69. The molecule has 0 spiro atoms. The molecule has 1 fully saturated rings. The molecule has 0 aliphatic carbocycles. The Hall–Kier alpha value is -2.38. The lowest BCUT2D eigenvalue weighted by atomic mass is 9.89. The summed E-state index contributed by atoms with van der Waals surface area (Å²) in [4.78, 5) is 27.0. The molecule has 6 nitrogen and oxygen atoms in total. The number of amides is 1. The van der Waals surface area contributed by atoms with Gasteiger partial charge in [-0.2, -0.15) is 0 Å². The normalized spacial score (nSPS) is 16.6. The van der Waals surface area contributed by atoms with Crippen molar-refractivity contribution in [1.29, 1.82) is 0 Å². The Labute approximate surface area is 185 Å². The number of ether oxygens (including phenoxy) is 1. The van der Waals surface area contributed by atoms with Gasteiger partial charge in [-0.1, -0.05) is 34.1 Å². The number of hydrogen-bond donors (Lipinski definition) is 2. The second kappa shape index (κ2) is 9.62. The average molecular weight is 472 g/mol. The molecule has 0 aromatic heterocycles. The van der Waals surface area contributed by atoms with Crippen molar-refractivity contribution in [2.75, 3.05) is 43.4 Å². The molecule has 2 aliphatic heterocycles. The molecule has 7 heteroatoms. The van der Waals surface area contributed by atoms with Gasteiger partial charge in [0.05, 0.1) is 0 Å². The second-order valence-electron chi connectivity index (χ2n) is 7.80. The summed E-state index contributed by atoms with van der Waals surface area (Å²) in [6, 6.07) is 13.4. The summed E-state index contributed by atoms with van der Waals surface area (Å²) in [7, 11) is 0. The molecule has 0 atom stereocenters. The largest absolute Gasteiger partial charge is 0.448 e. The minimum absolute atomic E-state index is 0.0695. The van der Waals surface area contributed by atoms with Gasteiger partial charge in [0, 0.05) is 40.4 Å². The Morgan fingerprint density at radius 2 is 1.90 bits per heavy atom. The van der Waals surface area contributed by atoms with E-state index in [2.05, 4.69) is 31.5 Å². The molecule has 4 rings (SSSR count). The average Bonchev–Trinajstić information content (AvgIpc) is 3.22. The van der Waals surface area contributed by atoms with Crippen molar-refractivity contribution in [2.45, 2.75) is 19.3 Å². The lowest BCUT2D eigenvalue weighted by molar-refractivity contribution is 0.0813. The second-order valence-corrected chi connectivity index (χ2v) is 8.71. The predicted molar refractivity (Wildman–Crippen MR) is 121 cm³/mol. The zero-order valence-electron chi connectivity index (χ0n) is 16.8. The standard InChI is InChI=1S/C23H26BrN3O3/c24-19-4-1-17(2-5-19)22(28)18-8-11-27(12-9-18)13-14-30-23(29)26-20-6-3-16-7-10-25-21(16)15-20/h1-6,15,18,25H,7-14H2,(H,26,29). The van der Waals surface area contributed by atoms with Crippen molar-refractivity contribution in [3.8, 4) is 0 Å². The van der Waals surface area contributed by atoms with Gasteiger partial charge in [-0.15, -0.1) is 0 Å². The van der Waals surface area contributed by atoms with Crippen molar-refractivity contribution >= 4 is 39.2 Å². The van der Waals surface area contributed by atoms with Crippen LogP contribution in [-0.2, 0) is 11.2 Å². The molecule has 2 aliphatic rings. The number of anilines is 2. The number of hydrogen-bond acceptors (Lipinski definition) is 5. The van der Waals surface area contributed by atoms with E-state index < -0.39 is 6.09 Å². The molecule has 2 aromatic rings. The number of carbonyl (C=O) groups excluding carboxylic acids is 2. The number of carbonyl (C=O) groups is 2. The molecule has 2 aromatic carbocycles. The van der Waals surface area contributed by atoms with E-state index in [0.29, 0.717) is 13.2 Å². The first-order valence-corrected chi connectivity index (χ1v) is 11.2. The summed E-state index contributed by atoms with van der Waals surface area (Å²) < 4.78 is 6.32. The van der Waals surface area contributed by atoms with Gasteiger partial charge in [0.2, 0.25) is 0 Å². The number of fused-ring (bicyclic) bond motifs is 1. The van der Waals surface area contributed by atoms with Gasteiger partial charge in [0.25, 0.3) is 0 Å². The van der Waals surface area contributed by atoms with Crippen LogP contribution in [0.15, 0.2) is 46.9 Å². The quantitative estimate of drug-likeness (QED) is 0.604. The molecular weight excluding hydrogens is 446 g/mol. The van der Waals surface area contributed by atoms with E-state index in [-0.39, 0.29) is 11.7 Å². The number of nitrogens with one attached hydrogen (secondary N) is 2. The minimum Gasteiger partial charge on any atom is -0.448 e. The number of likely N-dealkylation sites (tertiary alicyclic amines) is 1. The number of piperidine rings is 1. The van der Waals surface area contributed by atoms with Crippen molar-refractivity contribution in [3.63, 3.8) is 0 Å².